The van der Waals surface area contributed by atoms with E-state index in [-0.39, 0.29) is 17.3 Å². The van der Waals surface area contributed by atoms with Crippen LogP contribution in [0.2, 0.25) is 0 Å². The topological polar surface area (TPSA) is 86.5 Å². The normalized spacial score (nSPS) is 17.8. The summed E-state index contributed by atoms with van der Waals surface area (Å²) < 4.78 is 16.0. The zero-order valence-corrected chi connectivity index (χ0v) is 16.1. The molecule has 2 N–H and O–H groups in total. The highest BCUT2D eigenvalue weighted by molar-refractivity contribution is 6.15. The van der Waals surface area contributed by atoms with Gasteiger partial charge in [0.15, 0.2) is 11.5 Å². The SMILES string of the molecule is COC(=O)c1ccc(/C=C2\Oc3c(ccc(O)c3C[NH+]3CCOCC3)C2=O)cc1. The molecule has 2 aromatic carbocycles. The van der Waals surface area contributed by atoms with Gasteiger partial charge >= 0.3 is 5.97 Å². The van der Waals surface area contributed by atoms with E-state index in [1.54, 1.807) is 42.5 Å². The first kappa shape index (κ1) is 19.2. The van der Waals surface area contributed by atoms with Crippen LogP contribution in [-0.2, 0) is 16.0 Å². The average Bonchev–Trinajstić information content (AvgIpc) is 3.06. The van der Waals surface area contributed by atoms with Crippen molar-refractivity contribution >= 4 is 17.8 Å². The molecule has 0 amide bonds. The third-order valence-corrected chi connectivity index (χ3v) is 5.17. The molecule has 1 fully saturated rings. The number of carbonyl (C=O) groups is 2. The first-order valence-electron chi connectivity index (χ1n) is 9.45. The number of hydrogen-bond donors (Lipinski definition) is 2. The minimum absolute atomic E-state index is 0.124. The van der Waals surface area contributed by atoms with E-state index in [1.165, 1.54) is 12.0 Å². The molecule has 0 radical (unpaired) electrons. The number of carbonyl (C=O) groups excluding carboxylic acids is 2. The van der Waals surface area contributed by atoms with Crippen LogP contribution < -0.4 is 9.64 Å². The number of phenolic OH excluding ortho intramolecular Hbond substituents is 1. The minimum atomic E-state index is -0.421. The van der Waals surface area contributed by atoms with E-state index in [0.29, 0.717) is 42.2 Å². The van der Waals surface area contributed by atoms with Gasteiger partial charge in [-0.25, -0.2) is 4.79 Å². The zero-order chi connectivity index (χ0) is 20.4. The second kappa shape index (κ2) is 8.06. The number of Topliss-reactive ketones (excluding diaryl/α,β-unsaturated/α-hetero) is 1. The highest BCUT2D eigenvalue weighted by Gasteiger charge is 2.32. The average molecular weight is 396 g/mol. The van der Waals surface area contributed by atoms with Crippen molar-refractivity contribution in [2.45, 2.75) is 6.54 Å². The molecule has 7 nitrogen and oxygen atoms in total. The van der Waals surface area contributed by atoms with Crippen molar-refractivity contribution < 1.29 is 33.8 Å². The van der Waals surface area contributed by atoms with Gasteiger partial charge in [0.05, 0.1) is 37.0 Å². The van der Waals surface area contributed by atoms with Gasteiger partial charge in [-0.3, -0.25) is 4.79 Å². The maximum Gasteiger partial charge on any atom is 0.337 e. The number of esters is 1. The van der Waals surface area contributed by atoms with E-state index in [2.05, 4.69) is 4.74 Å². The van der Waals surface area contributed by atoms with Crippen LogP contribution in [0.25, 0.3) is 6.08 Å². The van der Waals surface area contributed by atoms with Crippen LogP contribution in [0.1, 0.15) is 31.8 Å². The molecule has 2 aliphatic rings. The Balaban J connectivity index is 1.60. The molecule has 2 aromatic rings. The van der Waals surface area contributed by atoms with Crippen LogP contribution in [-0.4, -0.2) is 50.3 Å². The number of nitrogens with one attached hydrogen (secondary N) is 1. The highest BCUT2D eigenvalue weighted by atomic mass is 16.5. The molecule has 4 rings (SSSR count). The van der Waals surface area contributed by atoms with Crippen molar-refractivity contribution in [1.82, 2.24) is 0 Å². The minimum Gasteiger partial charge on any atom is -0.507 e. The quantitative estimate of drug-likeness (QED) is 0.597. The fourth-order valence-electron chi connectivity index (χ4n) is 3.54. The molecule has 150 valence electrons. The summed E-state index contributed by atoms with van der Waals surface area (Å²) in [5.74, 6) is 0.0890. The molecule has 0 aromatic heterocycles. The Morgan fingerprint density at radius 2 is 1.90 bits per heavy atom. The van der Waals surface area contributed by atoms with Gasteiger partial charge in [-0.15, -0.1) is 0 Å². The molecule has 0 unspecified atom stereocenters. The van der Waals surface area contributed by atoms with Crippen molar-refractivity contribution in [2.75, 3.05) is 33.4 Å². The maximum atomic E-state index is 12.8. The number of phenols is 1. The van der Waals surface area contributed by atoms with Crippen molar-refractivity contribution in [1.29, 1.82) is 0 Å². The van der Waals surface area contributed by atoms with Crippen LogP contribution in [0.4, 0.5) is 0 Å². The number of ether oxygens (including phenoxy) is 3. The van der Waals surface area contributed by atoms with Gasteiger partial charge in [-0.05, 0) is 35.9 Å². The summed E-state index contributed by atoms with van der Waals surface area (Å²) in [6.07, 6.45) is 1.63. The van der Waals surface area contributed by atoms with Crippen LogP contribution >= 0.6 is 0 Å². The summed E-state index contributed by atoms with van der Waals surface area (Å²) in [4.78, 5) is 25.6. The molecule has 0 spiro atoms. The van der Waals surface area contributed by atoms with Crippen molar-refractivity contribution in [2.24, 2.45) is 0 Å². The largest absolute Gasteiger partial charge is 0.507 e. The maximum absolute atomic E-state index is 12.8. The number of methoxy groups -OCH3 is 1. The molecule has 29 heavy (non-hydrogen) atoms. The third kappa shape index (κ3) is 3.87. The lowest BCUT2D eigenvalue weighted by Gasteiger charge is -2.24. The van der Waals surface area contributed by atoms with Gasteiger partial charge in [0.2, 0.25) is 5.78 Å². The summed E-state index contributed by atoms with van der Waals surface area (Å²) >= 11 is 0. The fourth-order valence-corrected chi connectivity index (χ4v) is 3.54. The van der Waals surface area contributed by atoms with Gasteiger partial charge in [0, 0.05) is 0 Å². The van der Waals surface area contributed by atoms with Crippen LogP contribution in [0.3, 0.4) is 0 Å². The standard InChI is InChI=1S/C22H21NO6/c1-27-22(26)15-4-2-14(3-5-15)12-19-20(25)16-6-7-18(24)17(21(16)29-19)13-23-8-10-28-11-9-23/h2-7,12,24H,8-11,13H2,1H3/p+1/b19-12-. The van der Waals surface area contributed by atoms with E-state index in [9.17, 15) is 14.7 Å². The Bertz CT molecular complexity index is 974. The second-order valence-corrected chi connectivity index (χ2v) is 7.03. The van der Waals surface area contributed by atoms with Crippen molar-refractivity contribution in [3.05, 3.63) is 64.4 Å². The van der Waals surface area contributed by atoms with Crippen molar-refractivity contribution in [3.8, 4) is 11.5 Å². The Kier molecular flexibility index (Phi) is 5.33. The second-order valence-electron chi connectivity index (χ2n) is 7.03. The van der Waals surface area contributed by atoms with Gasteiger partial charge in [0.25, 0.3) is 0 Å². The molecule has 2 heterocycles. The van der Waals surface area contributed by atoms with Crippen LogP contribution in [0.15, 0.2) is 42.2 Å². The molecule has 0 saturated carbocycles. The van der Waals surface area contributed by atoms with Gasteiger partial charge in [-0.2, -0.15) is 0 Å². The first-order chi connectivity index (χ1) is 14.1. The Hall–Kier alpha value is -3.16. The van der Waals surface area contributed by atoms with E-state index < -0.39 is 5.97 Å². The number of morpholine rings is 1. The van der Waals surface area contributed by atoms with E-state index in [0.717, 1.165) is 18.7 Å². The molecular formula is C22H22NO6+. The first-order valence-corrected chi connectivity index (χ1v) is 9.45. The summed E-state index contributed by atoms with van der Waals surface area (Å²) in [5, 5.41) is 10.4. The Labute approximate surface area is 168 Å². The Morgan fingerprint density at radius 3 is 2.59 bits per heavy atom. The van der Waals surface area contributed by atoms with Crippen LogP contribution in [0, 0.1) is 0 Å². The molecule has 0 bridgehead atoms. The summed E-state index contributed by atoms with van der Waals surface area (Å²) in [6.45, 7) is 3.60. The number of allylic oxidation sites excluding steroid dienone is 1. The van der Waals surface area contributed by atoms with E-state index >= 15 is 0 Å². The van der Waals surface area contributed by atoms with Crippen LogP contribution in [0.5, 0.6) is 11.5 Å². The predicted octanol–water partition coefficient (Wildman–Crippen LogP) is 1.21. The lowest BCUT2D eigenvalue weighted by molar-refractivity contribution is -0.921. The third-order valence-electron chi connectivity index (χ3n) is 5.17. The number of ketones is 1. The lowest BCUT2D eigenvalue weighted by Crippen LogP contribution is -3.12. The monoisotopic (exact) mass is 396 g/mol. The number of quaternary nitrogens is 1. The summed E-state index contributed by atoms with van der Waals surface area (Å²) in [5.41, 5.74) is 2.23. The number of aromatic hydroxyl groups is 1. The lowest BCUT2D eigenvalue weighted by atomic mass is 10.0. The number of hydrogen-bond acceptors (Lipinski definition) is 6. The van der Waals surface area contributed by atoms with E-state index in [1.807, 2.05) is 0 Å². The summed E-state index contributed by atoms with van der Waals surface area (Å²) in [7, 11) is 1.33. The van der Waals surface area contributed by atoms with Crippen molar-refractivity contribution in [3.63, 3.8) is 0 Å². The number of benzene rings is 2. The smallest absolute Gasteiger partial charge is 0.337 e. The molecule has 2 aliphatic heterocycles. The molecule has 0 aliphatic carbocycles. The van der Waals surface area contributed by atoms with Gasteiger partial charge in [-0.1, -0.05) is 12.1 Å². The van der Waals surface area contributed by atoms with Gasteiger partial charge in [0.1, 0.15) is 25.4 Å². The molecule has 1 saturated heterocycles. The van der Waals surface area contributed by atoms with Gasteiger partial charge < -0.3 is 24.2 Å². The van der Waals surface area contributed by atoms with E-state index in [4.69, 9.17) is 9.47 Å². The molecule has 7 heteroatoms. The fraction of sp³-hybridized carbons (Fsp3) is 0.273. The number of rotatable bonds is 4. The highest BCUT2D eigenvalue weighted by Crippen LogP contribution is 2.39. The predicted molar refractivity (Wildman–Crippen MR) is 104 cm³/mol. The zero-order valence-electron chi connectivity index (χ0n) is 16.1. The Morgan fingerprint density at radius 1 is 1.17 bits per heavy atom. The number of fused-ring (bicyclic) bond motifs is 1. The molecule has 0 atom stereocenters. The summed E-state index contributed by atoms with van der Waals surface area (Å²) in [6, 6.07) is 9.83. The molecular weight excluding hydrogens is 374 g/mol.